The molecule has 0 heterocycles. The van der Waals surface area contributed by atoms with Gasteiger partial charge in [0.15, 0.2) is 0 Å². The number of hydrazine groups is 1. The summed E-state index contributed by atoms with van der Waals surface area (Å²) in [6.45, 7) is 9.16. The number of aliphatic imine (C=N–C) groups is 1. The summed E-state index contributed by atoms with van der Waals surface area (Å²) in [5.74, 6) is 6.06. The molecule has 0 aliphatic heterocycles. The van der Waals surface area contributed by atoms with Crippen LogP contribution in [0.4, 0.5) is 0 Å². The number of guanidine groups is 1. The van der Waals surface area contributed by atoms with Crippen molar-refractivity contribution >= 4 is 5.96 Å². The van der Waals surface area contributed by atoms with E-state index in [1.807, 2.05) is 0 Å². The second-order valence-corrected chi connectivity index (χ2v) is 4.23. The smallest absolute Gasteiger partial charge is 0.205 e. The maximum absolute atomic E-state index is 5.37. The predicted octanol–water partition coefficient (Wildman–Crippen LogP) is 0.536. The van der Waals surface area contributed by atoms with Crippen molar-refractivity contribution in [2.45, 2.75) is 39.7 Å². The van der Waals surface area contributed by atoms with Gasteiger partial charge in [0.25, 0.3) is 0 Å². The van der Waals surface area contributed by atoms with E-state index in [0.29, 0.717) is 12.0 Å². The molecule has 96 valence electrons. The maximum Gasteiger partial charge on any atom is 0.205 e. The van der Waals surface area contributed by atoms with Gasteiger partial charge in [0, 0.05) is 25.7 Å². The van der Waals surface area contributed by atoms with Crippen LogP contribution >= 0.6 is 0 Å². The van der Waals surface area contributed by atoms with E-state index < -0.39 is 0 Å². The van der Waals surface area contributed by atoms with Crippen LogP contribution in [0.5, 0.6) is 0 Å². The highest BCUT2D eigenvalue weighted by Gasteiger charge is 2.02. The van der Waals surface area contributed by atoms with Crippen molar-refractivity contribution in [3.63, 3.8) is 0 Å². The fraction of sp³-hybridized carbons (Fsp3) is 0.909. The minimum absolute atomic E-state index is 0.563. The SMILES string of the molecule is CCCCN=C(NN)NCCN(C)C(C)C. The van der Waals surface area contributed by atoms with Crippen molar-refractivity contribution < 1.29 is 0 Å². The topological polar surface area (TPSA) is 65.7 Å². The summed E-state index contributed by atoms with van der Waals surface area (Å²) in [6.07, 6.45) is 2.25. The van der Waals surface area contributed by atoms with Gasteiger partial charge in [-0.25, -0.2) is 5.84 Å². The minimum atomic E-state index is 0.563. The Morgan fingerprint density at radius 1 is 1.44 bits per heavy atom. The van der Waals surface area contributed by atoms with Crippen LogP contribution in [0.2, 0.25) is 0 Å². The van der Waals surface area contributed by atoms with Crippen LogP contribution in [-0.2, 0) is 0 Å². The Morgan fingerprint density at radius 2 is 2.12 bits per heavy atom. The van der Waals surface area contributed by atoms with Gasteiger partial charge in [0.2, 0.25) is 5.96 Å². The Hall–Kier alpha value is -0.810. The van der Waals surface area contributed by atoms with E-state index in [0.717, 1.165) is 32.5 Å². The van der Waals surface area contributed by atoms with Gasteiger partial charge in [-0.2, -0.15) is 0 Å². The fourth-order valence-corrected chi connectivity index (χ4v) is 1.11. The molecule has 0 unspecified atom stereocenters. The molecule has 0 amide bonds. The number of hydrogen-bond acceptors (Lipinski definition) is 3. The van der Waals surface area contributed by atoms with Crippen molar-refractivity contribution in [2.24, 2.45) is 10.8 Å². The summed E-state index contributed by atoms with van der Waals surface area (Å²) < 4.78 is 0. The monoisotopic (exact) mass is 229 g/mol. The van der Waals surface area contributed by atoms with Crippen molar-refractivity contribution in [2.75, 3.05) is 26.7 Å². The largest absolute Gasteiger partial charge is 0.354 e. The first-order valence-electron chi connectivity index (χ1n) is 6.07. The third-order valence-electron chi connectivity index (χ3n) is 2.56. The lowest BCUT2D eigenvalue weighted by Gasteiger charge is -2.21. The summed E-state index contributed by atoms with van der Waals surface area (Å²) >= 11 is 0. The van der Waals surface area contributed by atoms with E-state index in [4.69, 9.17) is 5.84 Å². The second-order valence-electron chi connectivity index (χ2n) is 4.23. The van der Waals surface area contributed by atoms with Gasteiger partial charge in [-0.1, -0.05) is 13.3 Å². The lowest BCUT2D eigenvalue weighted by atomic mass is 10.3. The van der Waals surface area contributed by atoms with Gasteiger partial charge in [-0.05, 0) is 27.3 Å². The summed E-state index contributed by atoms with van der Waals surface area (Å²) in [5.41, 5.74) is 2.58. The van der Waals surface area contributed by atoms with Crippen LogP contribution in [0.1, 0.15) is 33.6 Å². The number of hydrogen-bond donors (Lipinski definition) is 3. The molecule has 0 saturated heterocycles. The fourth-order valence-electron chi connectivity index (χ4n) is 1.11. The first kappa shape index (κ1) is 15.2. The van der Waals surface area contributed by atoms with Crippen LogP contribution in [0.25, 0.3) is 0 Å². The predicted molar refractivity (Wildman–Crippen MR) is 70.3 cm³/mol. The van der Waals surface area contributed by atoms with E-state index in [2.05, 4.69) is 48.5 Å². The average molecular weight is 229 g/mol. The maximum atomic E-state index is 5.37. The number of unbranched alkanes of at least 4 members (excludes halogenated alkanes) is 1. The zero-order valence-electron chi connectivity index (χ0n) is 11.1. The quantitative estimate of drug-likeness (QED) is 0.196. The summed E-state index contributed by atoms with van der Waals surface area (Å²) in [7, 11) is 2.11. The van der Waals surface area contributed by atoms with E-state index >= 15 is 0 Å². The van der Waals surface area contributed by atoms with Crippen molar-refractivity contribution in [3.05, 3.63) is 0 Å². The van der Waals surface area contributed by atoms with Crippen LogP contribution in [0.3, 0.4) is 0 Å². The molecular formula is C11H27N5. The average Bonchev–Trinajstić information content (AvgIpc) is 2.26. The molecule has 0 aliphatic carbocycles. The first-order chi connectivity index (χ1) is 7.61. The molecule has 4 N–H and O–H groups in total. The zero-order valence-corrected chi connectivity index (χ0v) is 11.1. The Morgan fingerprint density at radius 3 is 2.62 bits per heavy atom. The molecule has 0 aromatic heterocycles. The number of rotatable bonds is 7. The minimum Gasteiger partial charge on any atom is -0.354 e. The first-order valence-corrected chi connectivity index (χ1v) is 6.07. The Balaban J connectivity index is 3.74. The van der Waals surface area contributed by atoms with E-state index in [1.54, 1.807) is 0 Å². The molecular weight excluding hydrogens is 202 g/mol. The molecule has 0 rings (SSSR count). The number of nitrogens with one attached hydrogen (secondary N) is 2. The normalized spacial score (nSPS) is 12.3. The van der Waals surface area contributed by atoms with E-state index in [-0.39, 0.29) is 0 Å². The molecule has 0 aromatic carbocycles. The van der Waals surface area contributed by atoms with E-state index in [9.17, 15) is 0 Å². The highest BCUT2D eigenvalue weighted by atomic mass is 15.3. The Kier molecular flexibility index (Phi) is 8.94. The van der Waals surface area contributed by atoms with Crippen LogP contribution < -0.4 is 16.6 Å². The lowest BCUT2D eigenvalue weighted by molar-refractivity contribution is 0.278. The highest BCUT2D eigenvalue weighted by Crippen LogP contribution is 1.91. The summed E-state index contributed by atoms with van der Waals surface area (Å²) in [4.78, 5) is 6.60. The number of likely N-dealkylation sites (N-methyl/N-ethyl adjacent to an activating group) is 1. The van der Waals surface area contributed by atoms with Crippen LogP contribution in [0.15, 0.2) is 4.99 Å². The van der Waals surface area contributed by atoms with Gasteiger partial charge >= 0.3 is 0 Å². The third kappa shape index (κ3) is 7.48. The lowest BCUT2D eigenvalue weighted by Crippen LogP contribution is -2.45. The van der Waals surface area contributed by atoms with Crippen LogP contribution in [0, 0.1) is 0 Å². The number of nitrogens with two attached hydrogens (primary N) is 1. The third-order valence-corrected chi connectivity index (χ3v) is 2.56. The molecule has 0 atom stereocenters. The molecule has 0 aliphatic rings. The second kappa shape index (κ2) is 9.42. The molecule has 0 spiro atoms. The summed E-state index contributed by atoms with van der Waals surface area (Å²) in [6, 6.07) is 0.563. The molecule has 5 heteroatoms. The molecule has 16 heavy (non-hydrogen) atoms. The molecule has 0 bridgehead atoms. The van der Waals surface area contributed by atoms with Crippen molar-refractivity contribution in [1.82, 2.24) is 15.6 Å². The van der Waals surface area contributed by atoms with Crippen molar-refractivity contribution in [3.8, 4) is 0 Å². The summed E-state index contributed by atoms with van der Waals surface area (Å²) in [5, 5.41) is 3.19. The number of nitrogens with zero attached hydrogens (tertiary/aromatic N) is 2. The molecule has 0 radical (unpaired) electrons. The van der Waals surface area contributed by atoms with Gasteiger partial charge in [-0.3, -0.25) is 10.4 Å². The van der Waals surface area contributed by atoms with Gasteiger partial charge in [0.05, 0.1) is 0 Å². The van der Waals surface area contributed by atoms with Gasteiger partial charge in [0.1, 0.15) is 0 Å². The zero-order chi connectivity index (χ0) is 12.4. The van der Waals surface area contributed by atoms with Crippen molar-refractivity contribution in [1.29, 1.82) is 0 Å². The molecule has 5 nitrogen and oxygen atoms in total. The van der Waals surface area contributed by atoms with Gasteiger partial charge < -0.3 is 10.2 Å². The van der Waals surface area contributed by atoms with E-state index in [1.165, 1.54) is 0 Å². The van der Waals surface area contributed by atoms with Crippen LogP contribution in [-0.4, -0.2) is 43.6 Å². The van der Waals surface area contributed by atoms with Gasteiger partial charge in [-0.15, -0.1) is 0 Å². The Bertz CT molecular complexity index is 191. The highest BCUT2D eigenvalue weighted by molar-refractivity contribution is 5.79. The molecule has 0 fully saturated rings. The standard InChI is InChI=1S/C11H27N5/c1-5-6-7-13-11(15-12)14-8-9-16(4)10(2)3/h10H,5-9,12H2,1-4H3,(H2,13,14,15). The molecule has 0 saturated carbocycles. The Labute approximate surface area is 99.5 Å². The molecule has 0 aromatic rings.